The van der Waals surface area contributed by atoms with Gasteiger partial charge in [-0.15, -0.1) is 0 Å². The van der Waals surface area contributed by atoms with E-state index in [4.69, 9.17) is 11.5 Å². The summed E-state index contributed by atoms with van der Waals surface area (Å²) < 4.78 is 13.2. The van der Waals surface area contributed by atoms with Crippen LogP contribution in [0.1, 0.15) is 11.1 Å². The normalized spacial score (nSPS) is 11.1. The second-order valence-corrected chi connectivity index (χ2v) is 6.15. The number of fused-ring (bicyclic) bond motifs is 1. The van der Waals surface area contributed by atoms with Crippen LogP contribution in [-0.4, -0.2) is 4.98 Å². The molecule has 0 saturated carbocycles. The van der Waals surface area contributed by atoms with E-state index in [-0.39, 0.29) is 5.82 Å². The summed E-state index contributed by atoms with van der Waals surface area (Å²) in [6, 6.07) is 18.3. The Morgan fingerprint density at radius 3 is 2.40 bits per heavy atom. The van der Waals surface area contributed by atoms with Crippen molar-refractivity contribution in [1.82, 2.24) is 4.98 Å². The Morgan fingerprint density at radius 2 is 1.60 bits per heavy atom. The van der Waals surface area contributed by atoms with Crippen LogP contribution in [0.25, 0.3) is 22.0 Å². The largest absolute Gasteiger partial charge is 0.398 e. The molecule has 0 aliphatic carbocycles. The van der Waals surface area contributed by atoms with Gasteiger partial charge in [-0.1, -0.05) is 30.3 Å². The molecule has 4 heteroatoms. The number of rotatable bonds is 3. The van der Waals surface area contributed by atoms with Crippen LogP contribution in [0.5, 0.6) is 0 Å². The summed E-state index contributed by atoms with van der Waals surface area (Å²) in [4.78, 5) is 3.29. The Morgan fingerprint density at radius 1 is 0.840 bits per heavy atom. The number of hydrogen-bond donors (Lipinski definition) is 3. The first-order chi connectivity index (χ1) is 12.1. The number of aromatic nitrogens is 1. The van der Waals surface area contributed by atoms with Gasteiger partial charge in [-0.2, -0.15) is 0 Å². The summed E-state index contributed by atoms with van der Waals surface area (Å²) in [7, 11) is 0. The highest BCUT2D eigenvalue weighted by atomic mass is 19.1. The highest BCUT2D eigenvalue weighted by Gasteiger charge is 2.16. The molecular formula is C21H18FN3. The molecule has 3 nitrogen and oxygen atoms in total. The van der Waals surface area contributed by atoms with E-state index in [9.17, 15) is 4.39 Å². The van der Waals surface area contributed by atoms with Gasteiger partial charge >= 0.3 is 0 Å². The van der Waals surface area contributed by atoms with Crippen molar-refractivity contribution in [1.29, 1.82) is 0 Å². The van der Waals surface area contributed by atoms with Gasteiger partial charge < -0.3 is 16.5 Å². The summed E-state index contributed by atoms with van der Waals surface area (Å²) in [6.45, 7) is 0. The average molecular weight is 331 g/mol. The number of nitrogens with two attached hydrogens (primary N) is 2. The molecule has 0 unspecified atom stereocenters. The van der Waals surface area contributed by atoms with Gasteiger partial charge in [0.2, 0.25) is 0 Å². The summed E-state index contributed by atoms with van der Waals surface area (Å²) in [6.07, 6.45) is 2.50. The highest BCUT2D eigenvalue weighted by molar-refractivity contribution is 5.99. The Balaban J connectivity index is 1.92. The fraction of sp³-hybridized carbons (Fsp3) is 0.0476. The molecule has 0 spiro atoms. The van der Waals surface area contributed by atoms with Crippen LogP contribution in [0.15, 0.2) is 66.9 Å². The molecule has 1 heterocycles. The van der Waals surface area contributed by atoms with Crippen LogP contribution in [0.2, 0.25) is 0 Å². The molecule has 0 fully saturated rings. The number of nitrogen functional groups attached to an aromatic ring is 2. The zero-order valence-corrected chi connectivity index (χ0v) is 13.6. The second-order valence-electron chi connectivity index (χ2n) is 6.15. The molecule has 0 atom stereocenters. The third-order valence-electron chi connectivity index (χ3n) is 4.53. The summed E-state index contributed by atoms with van der Waals surface area (Å²) in [5.41, 5.74) is 18.9. The van der Waals surface area contributed by atoms with Crippen LogP contribution in [-0.2, 0) is 6.42 Å². The van der Waals surface area contributed by atoms with E-state index in [0.29, 0.717) is 17.8 Å². The molecule has 25 heavy (non-hydrogen) atoms. The van der Waals surface area contributed by atoms with E-state index in [2.05, 4.69) is 11.1 Å². The maximum Gasteiger partial charge on any atom is 0.123 e. The van der Waals surface area contributed by atoms with Crippen LogP contribution in [0.3, 0.4) is 0 Å². The SMILES string of the molecule is Nc1ccc(N)c(-c2cccc3cc[nH]c23)c1Cc1ccc(F)cc1. The molecule has 1 aromatic heterocycles. The van der Waals surface area contributed by atoms with E-state index in [1.54, 1.807) is 12.1 Å². The Bertz CT molecular complexity index is 1050. The number of anilines is 2. The lowest BCUT2D eigenvalue weighted by molar-refractivity contribution is 0.627. The standard InChI is InChI=1S/C21H18FN3/c22-15-6-4-13(5-7-15)12-17-18(23)8-9-19(24)20(17)16-3-1-2-14-10-11-25-21(14)16/h1-11,25H,12,23-24H2. The first-order valence-corrected chi connectivity index (χ1v) is 8.11. The van der Waals surface area contributed by atoms with Crippen molar-refractivity contribution >= 4 is 22.3 Å². The van der Waals surface area contributed by atoms with Crippen molar-refractivity contribution in [3.8, 4) is 11.1 Å². The maximum atomic E-state index is 13.2. The first-order valence-electron chi connectivity index (χ1n) is 8.11. The number of nitrogens with one attached hydrogen (secondary N) is 1. The molecule has 0 aliphatic rings. The van der Waals surface area contributed by atoms with E-state index < -0.39 is 0 Å². The van der Waals surface area contributed by atoms with Gasteiger partial charge in [0.1, 0.15) is 5.82 Å². The highest BCUT2D eigenvalue weighted by Crippen LogP contribution is 2.38. The van der Waals surface area contributed by atoms with Gasteiger partial charge in [0.05, 0.1) is 5.52 Å². The minimum atomic E-state index is -0.249. The first kappa shape index (κ1) is 15.3. The number of H-pyrrole nitrogens is 1. The van der Waals surface area contributed by atoms with Gasteiger partial charge in [-0.25, -0.2) is 4.39 Å². The molecule has 5 N–H and O–H groups in total. The van der Waals surface area contributed by atoms with Crippen molar-refractivity contribution in [2.45, 2.75) is 6.42 Å². The molecule has 124 valence electrons. The van der Waals surface area contributed by atoms with E-state index in [1.807, 2.05) is 36.5 Å². The summed E-state index contributed by atoms with van der Waals surface area (Å²) in [5, 5.41) is 1.12. The lowest BCUT2D eigenvalue weighted by atomic mass is 9.91. The third-order valence-corrected chi connectivity index (χ3v) is 4.53. The van der Waals surface area contributed by atoms with Crippen LogP contribution in [0, 0.1) is 5.82 Å². The minimum Gasteiger partial charge on any atom is -0.398 e. The zero-order valence-electron chi connectivity index (χ0n) is 13.6. The van der Waals surface area contributed by atoms with Gasteiger partial charge in [0, 0.05) is 35.1 Å². The third kappa shape index (κ3) is 2.72. The minimum absolute atomic E-state index is 0.249. The number of benzene rings is 3. The average Bonchev–Trinajstić information content (AvgIpc) is 3.09. The summed E-state index contributed by atoms with van der Waals surface area (Å²) in [5.74, 6) is -0.249. The van der Waals surface area contributed by atoms with Crippen molar-refractivity contribution < 1.29 is 4.39 Å². The molecule has 4 aromatic rings. The fourth-order valence-corrected chi connectivity index (χ4v) is 3.29. The molecule has 0 saturated heterocycles. The topological polar surface area (TPSA) is 67.8 Å². The van der Waals surface area contributed by atoms with Crippen molar-refractivity contribution in [3.63, 3.8) is 0 Å². The van der Waals surface area contributed by atoms with Crippen molar-refractivity contribution in [2.24, 2.45) is 0 Å². The Labute approximate surface area is 145 Å². The Kier molecular flexibility index (Phi) is 3.65. The number of halogens is 1. The molecule has 0 aliphatic heterocycles. The van der Waals surface area contributed by atoms with Crippen molar-refractivity contribution in [3.05, 3.63) is 83.8 Å². The Hall–Kier alpha value is -3.27. The lowest BCUT2D eigenvalue weighted by Crippen LogP contribution is -2.03. The predicted molar refractivity (Wildman–Crippen MR) is 102 cm³/mol. The van der Waals surface area contributed by atoms with E-state index in [0.717, 1.165) is 33.2 Å². The number of aromatic amines is 1. The van der Waals surface area contributed by atoms with Gasteiger partial charge in [-0.3, -0.25) is 0 Å². The van der Waals surface area contributed by atoms with E-state index in [1.165, 1.54) is 12.1 Å². The quantitative estimate of drug-likeness (QED) is 0.475. The maximum absolute atomic E-state index is 13.2. The summed E-state index contributed by atoms with van der Waals surface area (Å²) >= 11 is 0. The van der Waals surface area contributed by atoms with Crippen molar-refractivity contribution in [2.75, 3.05) is 11.5 Å². The molecule has 0 amide bonds. The molecule has 0 radical (unpaired) electrons. The van der Waals surface area contributed by atoms with Crippen LogP contribution >= 0.6 is 0 Å². The van der Waals surface area contributed by atoms with E-state index >= 15 is 0 Å². The molecule has 0 bridgehead atoms. The predicted octanol–water partition coefficient (Wildman–Crippen LogP) is 4.73. The van der Waals surface area contributed by atoms with Gasteiger partial charge in [0.25, 0.3) is 0 Å². The van der Waals surface area contributed by atoms with Gasteiger partial charge in [0.15, 0.2) is 0 Å². The van der Waals surface area contributed by atoms with Crippen LogP contribution in [0.4, 0.5) is 15.8 Å². The fourth-order valence-electron chi connectivity index (χ4n) is 3.29. The monoisotopic (exact) mass is 331 g/mol. The molecular weight excluding hydrogens is 313 g/mol. The second kappa shape index (κ2) is 5.98. The number of hydrogen-bond acceptors (Lipinski definition) is 2. The smallest absolute Gasteiger partial charge is 0.123 e. The zero-order chi connectivity index (χ0) is 17.4. The van der Waals surface area contributed by atoms with Gasteiger partial charge in [-0.05, 0) is 46.8 Å². The number of para-hydroxylation sites is 1. The lowest BCUT2D eigenvalue weighted by Gasteiger charge is -2.16. The molecule has 3 aromatic carbocycles. The molecule has 4 rings (SSSR count). The van der Waals surface area contributed by atoms with Crippen LogP contribution < -0.4 is 11.5 Å².